The average molecular weight is 535 g/mol. The zero-order chi connectivity index (χ0) is 25.3. The van der Waals surface area contributed by atoms with Crippen molar-refractivity contribution in [1.29, 1.82) is 0 Å². The van der Waals surface area contributed by atoms with Crippen LogP contribution < -0.4 is 10.6 Å². The molecule has 3 rings (SSSR count). The van der Waals surface area contributed by atoms with E-state index in [1.54, 1.807) is 12.4 Å². The number of rotatable bonds is 8. The minimum absolute atomic E-state index is 0.0434. The van der Waals surface area contributed by atoms with Crippen molar-refractivity contribution in [2.24, 2.45) is 0 Å². The highest BCUT2D eigenvalue weighted by atomic mass is 35.5. The van der Waals surface area contributed by atoms with E-state index in [1.165, 1.54) is 17.5 Å². The zero-order valence-electron chi connectivity index (χ0n) is 18.8. The number of aromatic nitrogens is 1. The van der Waals surface area contributed by atoms with Crippen LogP contribution in [0.3, 0.4) is 0 Å². The average Bonchev–Trinajstić information content (AvgIpc) is 3.29. The number of nitrogens with one attached hydrogen (secondary N) is 2. The number of carboxylic acid groups (broad SMARTS) is 1. The number of carbonyl (C=O) groups is 2. The van der Waals surface area contributed by atoms with Crippen LogP contribution in [0, 0.1) is 5.82 Å². The van der Waals surface area contributed by atoms with E-state index >= 15 is 0 Å². The zero-order valence-corrected chi connectivity index (χ0v) is 21.2. The minimum Gasteiger partial charge on any atom is -0.483 e. The van der Waals surface area contributed by atoms with Gasteiger partial charge in [-0.05, 0) is 32.0 Å². The summed E-state index contributed by atoms with van der Waals surface area (Å²) in [6.45, 7) is 0.00930. The Kier molecular flexibility index (Phi) is 10.7. The lowest BCUT2D eigenvalue weighted by molar-refractivity contribution is -0.123. The second-order valence-corrected chi connectivity index (χ2v) is 11.1. The van der Waals surface area contributed by atoms with Gasteiger partial charge in [-0.25, -0.2) is 17.8 Å². The molecule has 0 aliphatic heterocycles. The summed E-state index contributed by atoms with van der Waals surface area (Å²) in [4.78, 5) is 25.6. The molecule has 0 radical (unpaired) electrons. The van der Waals surface area contributed by atoms with Crippen molar-refractivity contribution in [2.45, 2.75) is 48.4 Å². The summed E-state index contributed by atoms with van der Waals surface area (Å²) in [6, 6.07) is 2.33. The molecule has 13 heteroatoms. The molecule has 0 spiro atoms. The van der Waals surface area contributed by atoms with Gasteiger partial charge in [-0.3, -0.25) is 14.5 Å². The smallest absolute Gasteiger partial charge is 0.290 e. The van der Waals surface area contributed by atoms with Gasteiger partial charge in [0.2, 0.25) is 5.91 Å². The third-order valence-electron chi connectivity index (χ3n) is 5.46. The molecule has 1 aliphatic rings. The lowest BCUT2D eigenvalue weighted by Crippen LogP contribution is -2.49. The largest absolute Gasteiger partial charge is 0.483 e. The minimum atomic E-state index is -3.92. The van der Waals surface area contributed by atoms with Gasteiger partial charge in [0.15, 0.2) is 9.84 Å². The van der Waals surface area contributed by atoms with E-state index in [9.17, 15) is 17.6 Å². The molecule has 0 saturated heterocycles. The van der Waals surface area contributed by atoms with Crippen molar-refractivity contribution in [1.82, 2.24) is 15.2 Å². The summed E-state index contributed by atoms with van der Waals surface area (Å²) in [6.07, 6.45) is 5.28. The van der Waals surface area contributed by atoms with Crippen molar-refractivity contribution < 1.29 is 27.5 Å². The third kappa shape index (κ3) is 7.62. The second kappa shape index (κ2) is 13.0. The van der Waals surface area contributed by atoms with E-state index in [-0.39, 0.29) is 41.8 Å². The summed E-state index contributed by atoms with van der Waals surface area (Å²) in [7, 11) is -0.437. The Morgan fingerprint density at radius 2 is 2.06 bits per heavy atom. The van der Waals surface area contributed by atoms with E-state index in [0.717, 1.165) is 37.8 Å². The number of hydrogen-bond acceptors (Lipinski definition) is 8. The molecule has 1 fully saturated rings. The first-order valence-corrected chi connectivity index (χ1v) is 13.4. The van der Waals surface area contributed by atoms with E-state index in [4.69, 9.17) is 21.5 Å². The normalized spacial score (nSPS) is 18.0. The number of sulfone groups is 1. The molecule has 0 unspecified atom stereocenters. The molecule has 34 heavy (non-hydrogen) atoms. The Labute approximate surface area is 207 Å². The Hall–Kier alpha value is -2.28. The molecule has 0 bridgehead atoms. The topological polar surface area (TPSA) is 129 Å². The maximum atomic E-state index is 14.8. The Bertz CT molecular complexity index is 1070. The summed E-state index contributed by atoms with van der Waals surface area (Å²) < 4.78 is 40.1. The highest BCUT2D eigenvalue weighted by Gasteiger charge is 2.30. The van der Waals surface area contributed by atoms with E-state index < -0.39 is 20.5 Å². The van der Waals surface area contributed by atoms with Crippen molar-refractivity contribution in [3.63, 3.8) is 0 Å². The molecular formula is C21H28ClFN4O5S2. The van der Waals surface area contributed by atoms with E-state index in [2.05, 4.69) is 15.6 Å². The predicted molar refractivity (Wildman–Crippen MR) is 129 cm³/mol. The standard InChI is InChI=1S/C20H26ClFN4O3S2.CH2O2/c1-23-19(27)11-26(2)17-6-4-3-5-15(17)25-16-10-14(22)18(9-13(16)21)31(28,29)12-20-24-7-8-30-20;2-1-3/h7-10,15,17,25H,3-6,11-12H2,1-2H3,(H,23,27);1H,(H,2,3)/t15-,17-;/m0./s1. The fourth-order valence-electron chi connectivity index (χ4n) is 3.87. The summed E-state index contributed by atoms with van der Waals surface area (Å²) in [5.74, 6) is -1.31. The number of likely N-dealkylation sites (N-methyl/N-ethyl adjacent to an activating group) is 2. The molecule has 2 aromatic rings. The summed E-state index contributed by atoms with van der Waals surface area (Å²) >= 11 is 7.56. The van der Waals surface area contributed by atoms with Crippen molar-refractivity contribution in [3.05, 3.63) is 39.6 Å². The fraction of sp³-hybridized carbons (Fsp3) is 0.476. The number of hydrogen-bond donors (Lipinski definition) is 3. The van der Waals surface area contributed by atoms with Gasteiger partial charge in [0.05, 0.1) is 17.3 Å². The van der Waals surface area contributed by atoms with Crippen molar-refractivity contribution in [2.75, 3.05) is 26.0 Å². The van der Waals surface area contributed by atoms with Gasteiger partial charge in [0.25, 0.3) is 6.47 Å². The first-order valence-electron chi connectivity index (χ1n) is 10.5. The monoisotopic (exact) mass is 534 g/mol. The number of amides is 1. The van der Waals surface area contributed by atoms with Gasteiger partial charge >= 0.3 is 0 Å². The molecule has 3 N–H and O–H groups in total. The van der Waals surface area contributed by atoms with Gasteiger partial charge < -0.3 is 15.7 Å². The molecular weight excluding hydrogens is 507 g/mol. The number of carbonyl (C=O) groups excluding carboxylic acids is 1. The lowest BCUT2D eigenvalue weighted by atomic mass is 9.89. The first-order chi connectivity index (χ1) is 16.1. The molecule has 1 heterocycles. The molecule has 1 aromatic heterocycles. The highest BCUT2D eigenvalue weighted by molar-refractivity contribution is 7.90. The van der Waals surface area contributed by atoms with Crippen LogP contribution in [0.15, 0.2) is 28.6 Å². The quantitative estimate of drug-likeness (QED) is 0.441. The number of halogens is 2. The van der Waals surface area contributed by atoms with E-state index in [1.807, 2.05) is 11.9 Å². The Morgan fingerprint density at radius 1 is 1.38 bits per heavy atom. The van der Waals surface area contributed by atoms with Crippen LogP contribution in [-0.4, -0.2) is 68.5 Å². The third-order valence-corrected chi connectivity index (χ3v) is 8.37. The van der Waals surface area contributed by atoms with Gasteiger partial charge in [-0.1, -0.05) is 24.4 Å². The van der Waals surface area contributed by atoms with Crippen LogP contribution in [0.25, 0.3) is 0 Å². The number of nitrogens with zero attached hydrogens (tertiary/aromatic N) is 2. The molecule has 1 aliphatic carbocycles. The maximum Gasteiger partial charge on any atom is 0.290 e. The van der Waals surface area contributed by atoms with Crippen LogP contribution in [0.4, 0.5) is 10.1 Å². The van der Waals surface area contributed by atoms with Gasteiger partial charge in [0, 0.05) is 30.7 Å². The Morgan fingerprint density at radius 3 is 2.68 bits per heavy atom. The number of thiazole rings is 1. The summed E-state index contributed by atoms with van der Waals surface area (Å²) in [5.41, 5.74) is 0.345. The van der Waals surface area contributed by atoms with Crippen LogP contribution >= 0.6 is 22.9 Å². The SMILES string of the molecule is CNC(=O)CN(C)[C@H]1CCCC[C@@H]1Nc1cc(F)c(S(=O)(=O)Cc2nccs2)cc1Cl.O=CO. The molecule has 9 nitrogen and oxygen atoms in total. The van der Waals surface area contributed by atoms with Gasteiger partial charge in [-0.2, -0.15) is 0 Å². The highest BCUT2D eigenvalue weighted by Crippen LogP contribution is 2.33. The molecule has 1 aromatic carbocycles. The van der Waals surface area contributed by atoms with Crippen LogP contribution in [-0.2, 0) is 25.2 Å². The molecule has 2 atom stereocenters. The van der Waals surface area contributed by atoms with Gasteiger partial charge in [0.1, 0.15) is 21.5 Å². The number of anilines is 1. The number of benzene rings is 1. The van der Waals surface area contributed by atoms with E-state index in [0.29, 0.717) is 10.7 Å². The van der Waals surface area contributed by atoms with Crippen LogP contribution in [0.5, 0.6) is 0 Å². The van der Waals surface area contributed by atoms with Crippen molar-refractivity contribution in [3.8, 4) is 0 Å². The van der Waals surface area contributed by atoms with Gasteiger partial charge in [-0.15, -0.1) is 11.3 Å². The van der Waals surface area contributed by atoms with Crippen molar-refractivity contribution >= 4 is 50.8 Å². The maximum absolute atomic E-state index is 14.8. The summed E-state index contributed by atoms with van der Waals surface area (Å²) in [5, 5.41) is 15.0. The first kappa shape index (κ1) is 28.0. The second-order valence-electron chi connectivity index (χ2n) is 7.74. The molecule has 1 amide bonds. The van der Waals surface area contributed by atoms with Crippen LogP contribution in [0.1, 0.15) is 30.7 Å². The lowest BCUT2D eigenvalue weighted by Gasteiger charge is -2.38. The molecule has 188 valence electrons. The fourth-order valence-corrected chi connectivity index (χ4v) is 6.50. The molecule has 1 saturated carbocycles. The Balaban J connectivity index is 0.00000129. The predicted octanol–water partition coefficient (Wildman–Crippen LogP) is 3.01. The van der Waals surface area contributed by atoms with Crippen LogP contribution in [0.2, 0.25) is 5.02 Å².